The number of ether oxygens (including phenoxy) is 1. The molecule has 0 fully saturated rings. The fourth-order valence-corrected chi connectivity index (χ4v) is 4.04. The van der Waals surface area contributed by atoms with Crippen LogP contribution in [0, 0.1) is 0 Å². The third kappa shape index (κ3) is 3.56. The highest BCUT2D eigenvalue weighted by Crippen LogP contribution is 2.37. The Morgan fingerprint density at radius 3 is 2.89 bits per heavy atom. The SMILES string of the molecule is CCC(OC)c1nc2c(s1)CCCC2CNC(C)C. The van der Waals surface area contributed by atoms with Crippen molar-refractivity contribution >= 4 is 11.3 Å². The van der Waals surface area contributed by atoms with Crippen molar-refractivity contribution in [1.29, 1.82) is 0 Å². The fourth-order valence-electron chi connectivity index (χ4n) is 2.68. The zero-order valence-electron chi connectivity index (χ0n) is 12.5. The van der Waals surface area contributed by atoms with Crippen molar-refractivity contribution in [3.05, 3.63) is 15.6 Å². The Balaban J connectivity index is 2.14. The third-order valence-electron chi connectivity index (χ3n) is 3.79. The Bertz CT molecular complexity index is 399. The van der Waals surface area contributed by atoms with Crippen LogP contribution in [0.5, 0.6) is 0 Å². The molecule has 2 unspecified atom stereocenters. The van der Waals surface area contributed by atoms with E-state index in [9.17, 15) is 0 Å². The van der Waals surface area contributed by atoms with E-state index >= 15 is 0 Å². The number of aryl methyl sites for hydroxylation is 1. The first-order valence-electron chi connectivity index (χ1n) is 7.41. The Morgan fingerprint density at radius 1 is 1.47 bits per heavy atom. The number of nitrogens with zero attached hydrogens (tertiary/aromatic N) is 1. The van der Waals surface area contributed by atoms with Crippen LogP contribution in [-0.4, -0.2) is 24.7 Å². The van der Waals surface area contributed by atoms with Crippen molar-refractivity contribution in [2.75, 3.05) is 13.7 Å². The van der Waals surface area contributed by atoms with Crippen LogP contribution in [0.3, 0.4) is 0 Å². The van der Waals surface area contributed by atoms with Crippen LogP contribution in [0.15, 0.2) is 0 Å². The highest BCUT2D eigenvalue weighted by Gasteiger charge is 2.26. The summed E-state index contributed by atoms with van der Waals surface area (Å²) in [4.78, 5) is 6.40. The first-order valence-corrected chi connectivity index (χ1v) is 8.23. The van der Waals surface area contributed by atoms with Gasteiger partial charge in [-0.3, -0.25) is 0 Å². The topological polar surface area (TPSA) is 34.1 Å². The predicted octanol–water partition coefficient (Wildman–Crippen LogP) is 3.66. The molecule has 2 rings (SSSR count). The van der Waals surface area contributed by atoms with Crippen LogP contribution in [0.1, 0.15) is 67.6 Å². The standard InChI is InChI=1S/C15H26N2OS/c1-5-12(18-4)15-17-14-11(9-16-10(2)3)7-6-8-13(14)19-15/h10-12,16H,5-9H2,1-4H3. The second-order valence-corrected chi connectivity index (χ2v) is 6.76. The molecule has 4 heteroatoms. The number of fused-ring (bicyclic) bond motifs is 1. The molecular formula is C15H26N2OS. The number of rotatable bonds is 6. The Kier molecular flexibility index (Phi) is 5.37. The minimum Gasteiger partial charge on any atom is -0.374 e. The second-order valence-electron chi connectivity index (χ2n) is 5.65. The summed E-state index contributed by atoms with van der Waals surface area (Å²) in [6.45, 7) is 7.62. The molecule has 19 heavy (non-hydrogen) atoms. The molecule has 1 aliphatic rings. The molecule has 0 amide bonds. The van der Waals surface area contributed by atoms with Gasteiger partial charge >= 0.3 is 0 Å². The van der Waals surface area contributed by atoms with E-state index in [0.717, 1.165) is 13.0 Å². The number of thiazole rings is 1. The van der Waals surface area contributed by atoms with Gasteiger partial charge in [0.15, 0.2) is 0 Å². The lowest BCUT2D eigenvalue weighted by atomic mass is 9.91. The van der Waals surface area contributed by atoms with Gasteiger partial charge in [-0.15, -0.1) is 11.3 Å². The lowest BCUT2D eigenvalue weighted by Gasteiger charge is -2.22. The predicted molar refractivity (Wildman–Crippen MR) is 81.0 cm³/mol. The average molecular weight is 282 g/mol. The van der Waals surface area contributed by atoms with Crippen LogP contribution in [0.4, 0.5) is 0 Å². The van der Waals surface area contributed by atoms with Crippen molar-refractivity contribution in [2.24, 2.45) is 0 Å². The van der Waals surface area contributed by atoms with E-state index in [4.69, 9.17) is 9.72 Å². The molecule has 1 aromatic heterocycles. The van der Waals surface area contributed by atoms with E-state index in [-0.39, 0.29) is 6.10 Å². The molecular weight excluding hydrogens is 256 g/mol. The van der Waals surface area contributed by atoms with Crippen molar-refractivity contribution < 1.29 is 4.74 Å². The largest absolute Gasteiger partial charge is 0.374 e. The number of aromatic nitrogens is 1. The van der Waals surface area contributed by atoms with Crippen molar-refractivity contribution in [2.45, 2.75) is 64.5 Å². The van der Waals surface area contributed by atoms with Gasteiger partial charge in [-0.25, -0.2) is 4.98 Å². The van der Waals surface area contributed by atoms with Crippen LogP contribution in [0.2, 0.25) is 0 Å². The molecule has 0 spiro atoms. The maximum absolute atomic E-state index is 5.53. The van der Waals surface area contributed by atoms with E-state index in [0.29, 0.717) is 12.0 Å². The average Bonchev–Trinajstić information content (AvgIpc) is 2.81. The van der Waals surface area contributed by atoms with E-state index in [2.05, 4.69) is 26.1 Å². The maximum Gasteiger partial charge on any atom is 0.122 e. The minimum atomic E-state index is 0.175. The van der Waals surface area contributed by atoms with Gasteiger partial charge in [0.05, 0.1) is 5.69 Å². The van der Waals surface area contributed by atoms with Crippen LogP contribution < -0.4 is 5.32 Å². The lowest BCUT2D eigenvalue weighted by Crippen LogP contribution is -2.29. The summed E-state index contributed by atoms with van der Waals surface area (Å²) >= 11 is 1.87. The van der Waals surface area contributed by atoms with Crippen LogP contribution >= 0.6 is 11.3 Å². The molecule has 0 radical (unpaired) electrons. The summed E-state index contributed by atoms with van der Waals surface area (Å²) in [5.74, 6) is 0.588. The molecule has 108 valence electrons. The quantitative estimate of drug-likeness (QED) is 0.864. The fraction of sp³-hybridized carbons (Fsp3) is 0.800. The maximum atomic E-state index is 5.53. The van der Waals surface area contributed by atoms with Gasteiger partial charge in [0.1, 0.15) is 11.1 Å². The van der Waals surface area contributed by atoms with Crippen molar-refractivity contribution in [1.82, 2.24) is 10.3 Å². The van der Waals surface area contributed by atoms with Gasteiger partial charge < -0.3 is 10.1 Å². The molecule has 1 heterocycles. The lowest BCUT2D eigenvalue weighted by molar-refractivity contribution is 0.0996. The molecule has 0 bridgehead atoms. The molecule has 0 aliphatic heterocycles. The molecule has 2 atom stereocenters. The summed E-state index contributed by atoms with van der Waals surface area (Å²) in [5.41, 5.74) is 1.34. The summed E-state index contributed by atoms with van der Waals surface area (Å²) in [7, 11) is 1.78. The van der Waals surface area contributed by atoms with E-state index in [1.54, 1.807) is 7.11 Å². The van der Waals surface area contributed by atoms with Gasteiger partial charge in [0.2, 0.25) is 0 Å². The summed E-state index contributed by atoms with van der Waals surface area (Å²) in [6, 6.07) is 0.547. The molecule has 0 saturated heterocycles. The molecule has 1 aliphatic carbocycles. The highest BCUT2D eigenvalue weighted by molar-refractivity contribution is 7.11. The van der Waals surface area contributed by atoms with E-state index in [1.807, 2.05) is 11.3 Å². The molecule has 1 aromatic rings. The third-order valence-corrected chi connectivity index (χ3v) is 5.01. The van der Waals surface area contributed by atoms with Crippen LogP contribution in [-0.2, 0) is 11.2 Å². The monoisotopic (exact) mass is 282 g/mol. The smallest absolute Gasteiger partial charge is 0.122 e. The molecule has 1 N–H and O–H groups in total. The molecule has 0 aromatic carbocycles. The first kappa shape index (κ1) is 14.9. The number of hydrogen-bond acceptors (Lipinski definition) is 4. The number of methoxy groups -OCH3 is 1. The molecule has 3 nitrogen and oxygen atoms in total. The Hall–Kier alpha value is -0.450. The van der Waals surface area contributed by atoms with E-state index < -0.39 is 0 Å². The van der Waals surface area contributed by atoms with Gasteiger partial charge in [-0.1, -0.05) is 20.8 Å². The van der Waals surface area contributed by atoms with Crippen LogP contribution in [0.25, 0.3) is 0 Å². The van der Waals surface area contributed by atoms with Crippen molar-refractivity contribution in [3.8, 4) is 0 Å². The normalized spacial score (nSPS) is 20.6. The number of hydrogen-bond donors (Lipinski definition) is 1. The first-order chi connectivity index (χ1) is 9.15. The minimum absolute atomic E-state index is 0.175. The zero-order chi connectivity index (χ0) is 13.8. The van der Waals surface area contributed by atoms with Gasteiger partial charge in [0.25, 0.3) is 0 Å². The van der Waals surface area contributed by atoms with Gasteiger partial charge in [0, 0.05) is 30.5 Å². The van der Waals surface area contributed by atoms with Gasteiger partial charge in [-0.05, 0) is 25.7 Å². The number of nitrogens with one attached hydrogen (secondary N) is 1. The Labute approximate surface area is 120 Å². The summed E-state index contributed by atoms with van der Waals surface area (Å²) in [6.07, 6.45) is 4.93. The van der Waals surface area contributed by atoms with E-state index in [1.165, 1.54) is 34.8 Å². The zero-order valence-corrected chi connectivity index (χ0v) is 13.3. The Morgan fingerprint density at radius 2 is 2.26 bits per heavy atom. The highest BCUT2D eigenvalue weighted by atomic mass is 32.1. The van der Waals surface area contributed by atoms with Gasteiger partial charge in [-0.2, -0.15) is 0 Å². The van der Waals surface area contributed by atoms with Crippen molar-refractivity contribution in [3.63, 3.8) is 0 Å². The summed E-state index contributed by atoms with van der Waals surface area (Å²) in [5, 5.41) is 4.73. The summed E-state index contributed by atoms with van der Waals surface area (Å²) < 4.78 is 5.53. The second kappa shape index (κ2) is 6.82. The molecule has 0 saturated carbocycles.